The van der Waals surface area contributed by atoms with Crippen molar-refractivity contribution in [3.05, 3.63) is 46.1 Å². The lowest BCUT2D eigenvalue weighted by Crippen LogP contribution is -1.99. The zero-order chi connectivity index (χ0) is 12.4. The third-order valence-corrected chi connectivity index (χ3v) is 3.20. The van der Waals surface area contributed by atoms with Crippen molar-refractivity contribution in [3.63, 3.8) is 0 Å². The standard InChI is InChI=1S/C13H14BrN3/c1-8-3-4-10(14)12(7-8)17-13-6-5-11(15)9(2)16-13/h3-7H,15H2,1-2H3,(H,16,17). The molecule has 0 spiro atoms. The number of hydrogen-bond acceptors (Lipinski definition) is 3. The smallest absolute Gasteiger partial charge is 0.130 e. The van der Waals surface area contributed by atoms with Crippen LogP contribution in [0.25, 0.3) is 0 Å². The molecule has 3 N–H and O–H groups in total. The summed E-state index contributed by atoms with van der Waals surface area (Å²) in [6, 6.07) is 9.86. The molecule has 0 saturated heterocycles. The van der Waals surface area contributed by atoms with Crippen molar-refractivity contribution in [2.24, 2.45) is 0 Å². The molecule has 0 saturated carbocycles. The summed E-state index contributed by atoms with van der Waals surface area (Å²) in [5, 5.41) is 3.27. The number of nitrogen functional groups attached to an aromatic ring is 1. The van der Waals surface area contributed by atoms with Gasteiger partial charge in [-0.3, -0.25) is 0 Å². The van der Waals surface area contributed by atoms with E-state index in [0.29, 0.717) is 5.69 Å². The lowest BCUT2D eigenvalue weighted by atomic mass is 10.2. The zero-order valence-corrected chi connectivity index (χ0v) is 11.4. The average molecular weight is 292 g/mol. The van der Waals surface area contributed by atoms with Gasteiger partial charge in [0.15, 0.2) is 0 Å². The van der Waals surface area contributed by atoms with E-state index < -0.39 is 0 Å². The predicted octanol–water partition coefficient (Wildman–Crippen LogP) is 3.79. The van der Waals surface area contributed by atoms with Gasteiger partial charge in [0, 0.05) is 4.47 Å². The summed E-state index contributed by atoms with van der Waals surface area (Å²) < 4.78 is 1.01. The van der Waals surface area contributed by atoms with Gasteiger partial charge in [-0.2, -0.15) is 0 Å². The van der Waals surface area contributed by atoms with E-state index in [-0.39, 0.29) is 0 Å². The molecule has 0 aliphatic heterocycles. The van der Waals surface area contributed by atoms with Crippen LogP contribution in [0.5, 0.6) is 0 Å². The molecule has 0 unspecified atom stereocenters. The highest BCUT2D eigenvalue weighted by atomic mass is 79.9. The van der Waals surface area contributed by atoms with E-state index in [2.05, 4.69) is 45.3 Å². The van der Waals surface area contributed by atoms with Gasteiger partial charge in [0.05, 0.1) is 17.1 Å². The van der Waals surface area contributed by atoms with Gasteiger partial charge in [-0.25, -0.2) is 4.98 Å². The Balaban J connectivity index is 2.31. The van der Waals surface area contributed by atoms with Gasteiger partial charge in [-0.15, -0.1) is 0 Å². The number of rotatable bonds is 2. The van der Waals surface area contributed by atoms with E-state index in [1.165, 1.54) is 5.56 Å². The molecule has 3 nitrogen and oxygen atoms in total. The number of nitrogens with two attached hydrogens (primary N) is 1. The third kappa shape index (κ3) is 2.77. The first-order chi connectivity index (χ1) is 8.06. The first-order valence-electron chi connectivity index (χ1n) is 5.32. The number of aromatic nitrogens is 1. The van der Waals surface area contributed by atoms with Gasteiger partial charge in [0.25, 0.3) is 0 Å². The average Bonchev–Trinajstić information content (AvgIpc) is 2.29. The van der Waals surface area contributed by atoms with Gasteiger partial charge >= 0.3 is 0 Å². The minimum absolute atomic E-state index is 0.707. The second kappa shape index (κ2) is 4.75. The molecular weight excluding hydrogens is 278 g/mol. The van der Waals surface area contributed by atoms with Crippen LogP contribution in [0, 0.1) is 13.8 Å². The molecule has 0 aliphatic rings. The molecule has 0 atom stereocenters. The molecule has 88 valence electrons. The van der Waals surface area contributed by atoms with Crippen molar-refractivity contribution in [2.75, 3.05) is 11.1 Å². The van der Waals surface area contributed by atoms with Gasteiger partial charge in [0.2, 0.25) is 0 Å². The van der Waals surface area contributed by atoms with E-state index in [9.17, 15) is 0 Å². The molecule has 2 rings (SSSR count). The number of nitrogens with zero attached hydrogens (tertiary/aromatic N) is 1. The first kappa shape index (κ1) is 11.9. The van der Waals surface area contributed by atoms with Crippen molar-refractivity contribution in [1.82, 2.24) is 4.98 Å². The summed E-state index contributed by atoms with van der Waals surface area (Å²) >= 11 is 3.51. The molecule has 0 bridgehead atoms. The summed E-state index contributed by atoms with van der Waals surface area (Å²) in [6.07, 6.45) is 0. The fourth-order valence-electron chi connectivity index (χ4n) is 1.51. The Morgan fingerprint density at radius 3 is 2.65 bits per heavy atom. The summed E-state index contributed by atoms with van der Waals surface area (Å²) in [6.45, 7) is 3.95. The molecule has 4 heteroatoms. The molecule has 0 amide bonds. The van der Waals surface area contributed by atoms with Crippen LogP contribution < -0.4 is 11.1 Å². The Hall–Kier alpha value is -1.55. The topological polar surface area (TPSA) is 50.9 Å². The van der Waals surface area contributed by atoms with E-state index >= 15 is 0 Å². The van der Waals surface area contributed by atoms with Crippen molar-refractivity contribution < 1.29 is 0 Å². The zero-order valence-electron chi connectivity index (χ0n) is 9.79. The normalized spacial score (nSPS) is 10.3. The third-order valence-electron chi connectivity index (χ3n) is 2.51. The van der Waals surface area contributed by atoms with Crippen molar-refractivity contribution in [2.45, 2.75) is 13.8 Å². The summed E-state index contributed by atoms with van der Waals surface area (Å²) in [5.41, 5.74) is 9.47. The molecule has 17 heavy (non-hydrogen) atoms. The molecule has 0 aliphatic carbocycles. The van der Waals surface area contributed by atoms with E-state index in [1.54, 1.807) is 0 Å². The largest absolute Gasteiger partial charge is 0.397 e. The van der Waals surface area contributed by atoms with E-state index in [1.807, 2.05) is 25.1 Å². The summed E-state index contributed by atoms with van der Waals surface area (Å²) in [7, 11) is 0. The van der Waals surface area contributed by atoms with Crippen LogP contribution in [-0.2, 0) is 0 Å². The Labute approximate surface area is 109 Å². The highest BCUT2D eigenvalue weighted by Gasteiger charge is 2.03. The van der Waals surface area contributed by atoms with Crippen molar-refractivity contribution in [1.29, 1.82) is 0 Å². The minimum atomic E-state index is 0.707. The van der Waals surface area contributed by atoms with E-state index in [0.717, 1.165) is 21.7 Å². The van der Waals surface area contributed by atoms with Crippen LogP contribution in [0.3, 0.4) is 0 Å². The highest BCUT2D eigenvalue weighted by molar-refractivity contribution is 9.10. The van der Waals surface area contributed by atoms with Gasteiger partial charge < -0.3 is 11.1 Å². The van der Waals surface area contributed by atoms with Crippen LogP contribution in [0.4, 0.5) is 17.2 Å². The fourth-order valence-corrected chi connectivity index (χ4v) is 1.86. The van der Waals surface area contributed by atoms with Crippen molar-refractivity contribution in [3.8, 4) is 0 Å². The number of pyridine rings is 1. The van der Waals surface area contributed by atoms with Gasteiger partial charge in [0.1, 0.15) is 5.82 Å². The monoisotopic (exact) mass is 291 g/mol. The van der Waals surface area contributed by atoms with Gasteiger partial charge in [-0.05, 0) is 59.6 Å². The number of anilines is 3. The van der Waals surface area contributed by atoms with Crippen LogP contribution in [0.1, 0.15) is 11.3 Å². The maximum absolute atomic E-state index is 5.74. The highest BCUT2D eigenvalue weighted by Crippen LogP contribution is 2.26. The number of hydrogen-bond donors (Lipinski definition) is 2. The van der Waals surface area contributed by atoms with Crippen LogP contribution in [0.2, 0.25) is 0 Å². The summed E-state index contributed by atoms with van der Waals surface area (Å²) in [5.74, 6) is 0.794. The van der Waals surface area contributed by atoms with Gasteiger partial charge in [-0.1, -0.05) is 6.07 Å². The number of aryl methyl sites for hydroxylation is 2. The molecule has 1 heterocycles. The predicted molar refractivity (Wildman–Crippen MR) is 75.5 cm³/mol. The SMILES string of the molecule is Cc1ccc(Br)c(Nc2ccc(N)c(C)n2)c1. The lowest BCUT2D eigenvalue weighted by molar-refractivity contribution is 1.20. The van der Waals surface area contributed by atoms with Crippen molar-refractivity contribution >= 4 is 33.1 Å². The Bertz CT molecular complexity index is 552. The fraction of sp³-hybridized carbons (Fsp3) is 0.154. The second-order valence-electron chi connectivity index (χ2n) is 3.98. The minimum Gasteiger partial charge on any atom is -0.397 e. The maximum Gasteiger partial charge on any atom is 0.130 e. The summed E-state index contributed by atoms with van der Waals surface area (Å²) in [4.78, 5) is 4.38. The maximum atomic E-state index is 5.74. The van der Waals surface area contributed by atoms with Crippen LogP contribution in [-0.4, -0.2) is 4.98 Å². The van der Waals surface area contributed by atoms with E-state index in [4.69, 9.17) is 5.73 Å². The number of halogens is 1. The Kier molecular flexibility index (Phi) is 3.33. The molecule has 2 aromatic rings. The first-order valence-corrected chi connectivity index (χ1v) is 6.12. The molecule has 0 radical (unpaired) electrons. The quantitative estimate of drug-likeness (QED) is 0.885. The molecular formula is C13H14BrN3. The molecule has 1 aromatic heterocycles. The second-order valence-corrected chi connectivity index (χ2v) is 4.83. The molecule has 0 fully saturated rings. The van der Waals surface area contributed by atoms with Crippen LogP contribution in [0.15, 0.2) is 34.8 Å². The Morgan fingerprint density at radius 1 is 1.18 bits per heavy atom. The number of benzene rings is 1. The molecule has 1 aromatic carbocycles. The van der Waals surface area contributed by atoms with Crippen LogP contribution >= 0.6 is 15.9 Å². The Morgan fingerprint density at radius 2 is 1.94 bits per heavy atom. The lowest BCUT2D eigenvalue weighted by Gasteiger charge is -2.10. The number of nitrogens with one attached hydrogen (secondary N) is 1.